The number of carbonyl (C=O) groups is 2. The van der Waals surface area contributed by atoms with Crippen molar-refractivity contribution >= 4 is 23.5 Å². The third kappa shape index (κ3) is 20.4. The Bertz CT molecular complexity index is 644. The highest BCUT2D eigenvalue weighted by Crippen LogP contribution is 2.17. The molecule has 0 aliphatic heterocycles. The lowest BCUT2D eigenvalue weighted by Gasteiger charge is -2.06. The maximum absolute atomic E-state index is 11.8. The zero-order valence-corrected chi connectivity index (χ0v) is 22.9. The van der Waals surface area contributed by atoms with E-state index in [0.29, 0.717) is 30.2 Å². The van der Waals surface area contributed by atoms with Crippen LogP contribution in [0.1, 0.15) is 135 Å². The van der Waals surface area contributed by atoms with Crippen molar-refractivity contribution in [2.75, 3.05) is 6.61 Å². The summed E-state index contributed by atoms with van der Waals surface area (Å²) in [7, 11) is 0. The van der Waals surface area contributed by atoms with Crippen LogP contribution < -0.4 is 4.74 Å². The third-order valence-corrected chi connectivity index (χ3v) is 6.57. The highest BCUT2D eigenvalue weighted by Gasteiger charge is 2.05. The van der Waals surface area contributed by atoms with E-state index in [0.717, 1.165) is 51.4 Å². The molecule has 200 valence electrons. The molecule has 0 aliphatic carbocycles. The fourth-order valence-electron chi connectivity index (χ4n) is 4.13. The van der Waals surface area contributed by atoms with Gasteiger partial charge in [-0.1, -0.05) is 115 Å². The Morgan fingerprint density at radius 2 is 1.03 bits per heavy atom. The summed E-state index contributed by atoms with van der Waals surface area (Å²) in [4.78, 5) is 23.7. The maximum Gasteiger partial charge on any atom is 0.311 e. The van der Waals surface area contributed by atoms with Gasteiger partial charge in [0.05, 0.1) is 6.61 Å². The SMILES string of the molecule is CCCCCCCCCCCCCCOC(=O)CCCCCCCCC(=O)Oc1ccc(Cl)cc1. The molecule has 0 atom stereocenters. The zero-order valence-electron chi connectivity index (χ0n) is 22.2. The molecule has 4 nitrogen and oxygen atoms in total. The highest BCUT2D eigenvalue weighted by molar-refractivity contribution is 6.30. The molecule has 0 bridgehead atoms. The molecule has 0 amide bonds. The van der Waals surface area contributed by atoms with Crippen LogP contribution in [0.5, 0.6) is 5.75 Å². The van der Waals surface area contributed by atoms with Crippen molar-refractivity contribution in [3.05, 3.63) is 29.3 Å². The molecule has 1 rings (SSSR count). The second kappa shape index (κ2) is 22.9. The van der Waals surface area contributed by atoms with E-state index in [-0.39, 0.29) is 11.9 Å². The summed E-state index contributed by atoms with van der Waals surface area (Å²) < 4.78 is 10.6. The van der Waals surface area contributed by atoms with Crippen molar-refractivity contribution in [2.24, 2.45) is 0 Å². The molecule has 0 fully saturated rings. The second-order valence-electron chi connectivity index (χ2n) is 9.66. The summed E-state index contributed by atoms with van der Waals surface area (Å²) in [6.07, 6.45) is 22.6. The van der Waals surface area contributed by atoms with Crippen LogP contribution in [0, 0.1) is 0 Å². The van der Waals surface area contributed by atoms with Gasteiger partial charge >= 0.3 is 11.9 Å². The van der Waals surface area contributed by atoms with Gasteiger partial charge in [-0.3, -0.25) is 9.59 Å². The molecule has 0 radical (unpaired) electrons. The van der Waals surface area contributed by atoms with E-state index in [1.165, 1.54) is 64.2 Å². The molecule has 0 saturated carbocycles. The average Bonchev–Trinajstić information content (AvgIpc) is 2.85. The summed E-state index contributed by atoms with van der Waals surface area (Å²) in [5.74, 6) is 0.270. The molecule has 0 spiro atoms. The molecule has 0 aromatic heterocycles. The van der Waals surface area contributed by atoms with Crippen LogP contribution in [0.2, 0.25) is 5.02 Å². The summed E-state index contributed by atoms with van der Waals surface area (Å²) in [6, 6.07) is 6.81. The first kappa shape index (κ1) is 31.5. The summed E-state index contributed by atoms with van der Waals surface area (Å²) in [6.45, 7) is 2.84. The normalized spacial score (nSPS) is 10.9. The lowest BCUT2D eigenvalue weighted by atomic mass is 10.1. The van der Waals surface area contributed by atoms with E-state index in [4.69, 9.17) is 21.1 Å². The zero-order chi connectivity index (χ0) is 25.4. The molecule has 0 heterocycles. The Morgan fingerprint density at radius 3 is 1.54 bits per heavy atom. The second-order valence-corrected chi connectivity index (χ2v) is 10.1. The number of ether oxygens (including phenoxy) is 2. The van der Waals surface area contributed by atoms with Crippen LogP contribution in [0.25, 0.3) is 0 Å². The van der Waals surface area contributed by atoms with Gasteiger partial charge in [0.25, 0.3) is 0 Å². The van der Waals surface area contributed by atoms with Crippen LogP contribution in [0.4, 0.5) is 0 Å². The van der Waals surface area contributed by atoms with Crippen LogP contribution in [-0.2, 0) is 14.3 Å². The van der Waals surface area contributed by atoms with Gasteiger partial charge in [-0.25, -0.2) is 0 Å². The number of rotatable bonds is 23. The first-order valence-electron chi connectivity index (χ1n) is 14.2. The van der Waals surface area contributed by atoms with Gasteiger partial charge in [-0.05, 0) is 43.5 Å². The Kier molecular flexibility index (Phi) is 20.6. The Morgan fingerprint density at radius 1 is 0.600 bits per heavy atom. The van der Waals surface area contributed by atoms with Crippen LogP contribution in [-0.4, -0.2) is 18.5 Å². The minimum Gasteiger partial charge on any atom is -0.466 e. The van der Waals surface area contributed by atoms with Crippen molar-refractivity contribution < 1.29 is 19.1 Å². The van der Waals surface area contributed by atoms with E-state index in [1.54, 1.807) is 24.3 Å². The van der Waals surface area contributed by atoms with Gasteiger partial charge in [0.15, 0.2) is 0 Å². The molecule has 35 heavy (non-hydrogen) atoms. The molecule has 5 heteroatoms. The number of benzene rings is 1. The Hall–Kier alpha value is -1.55. The fraction of sp³-hybridized carbons (Fsp3) is 0.733. The Labute approximate surface area is 219 Å². The quantitative estimate of drug-likeness (QED) is 0.0838. The average molecular weight is 509 g/mol. The molecular weight excluding hydrogens is 460 g/mol. The largest absolute Gasteiger partial charge is 0.466 e. The third-order valence-electron chi connectivity index (χ3n) is 6.32. The summed E-state index contributed by atoms with van der Waals surface area (Å²) in [5, 5.41) is 0.623. The van der Waals surface area contributed by atoms with Crippen molar-refractivity contribution in [2.45, 2.75) is 135 Å². The highest BCUT2D eigenvalue weighted by atomic mass is 35.5. The molecule has 1 aromatic carbocycles. The number of unbranched alkanes of at least 4 members (excludes halogenated alkanes) is 16. The van der Waals surface area contributed by atoms with E-state index < -0.39 is 0 Å². The van der Waals surface area contributed by atoms with Gasteiger partial charge in [0, 0.05) is 17.9 Å². The monoisotopic (exact) mass is 508 g/mol. The topological polar surface area (TPSA) is 52.6 Å². The van der Waals surface area contributed by atoms with Gasteiger partial charge in [0.1, 0.15) is 5.75 Å². The molecule has 0 saturated heterocycles. The molecule has 0 unspecified atom stereocenters. The van der Waals surface area contributed by atoms with E-state index in [9.17, 15) is 9.59 Å². The number of carbonyl (C=O) groups excluding carboxylic acids is 2. The minimum atomic E-state index is -0.205. The van der Waals surface area contributed by atoms with Crippen LogP contribution >= 0.6 is 11.6 Å². The van der Waals surface area contributed by atoms with Gasteiger partial charge in [0.2, 0.25) is 0 Å². The first-order valence-corrected chi connectivity index (χ1v) is 14.6. The lowest BCUT2D eigenvalue weighted by Crippen LogP contribution is -2.07. The van der Waals surface area contributed by atoms with Crippen molar-refractivity contribution in [1.29, 1.82) is 0 Å². The number of hydrogen-bond acceptors (Lipinski definition) is 4. The first-order chi connectivity index (χ1) is 17.1. The number of esters is 2. The molecule has 0 N–H and O–H groups in total. The van der Waals surface area contributed by atoms with E-state index in [1.807, 2.05) is 0 Å². The molecule has 0 aliphatic rings. The van der Waals surface area contributed by atoms with E-state index in [2.05, 4.69) is 6.92 Å². The van der Waals surface area contributed by atoms with E-state index >= 15 is 0 Å². The number of halogens is 1. The fourth-order valence-corrected chi connectivity index (χ4v) is 4.26. The minimum absolute atomic E-state index is 0.0574. The standard InChI is InChI=1S/C30H49ClO4/c1-2-3-4-5-6-7-8-9-10-13-16-19-26-34-29(32)20-17-14-11-12-15-18-21-30(33)35-28-24-22-27(31)23-25-28/h22-25H,2-21,26H2,1H3. The summed E-state index contributed by atoms with van der Waals surface area (Å²) in [5.41, 5.74) is 0. The smallest absolute Gasteiger partial charge is 0.311 e. The van der Waals surface area contributed by atoms with Crippen LogP contribution in [0.3, 0.4) is 0 Å². The van der Waals surface area contributed by atoms with Crippen molar-refractivity contribution in [3.63, 3.8) is 0 Å². The van der Waals surface area contributed by atoms with Crippen molar-refractivity contribution in [1.82, 2.24) is 0 Å². The maximum atomic E-state index is 11.8. The molecular formula is C30H49ClO4. The predicted molar refractivity (Wildman–Crippen MR) is 146 cm³/mol. The Balaban J connectivity index is 1.79. The van der Waals surface area contributed by atoms with Gasteiger partial charge in [-0.2, -0.15) is 0 Å². The lowest BCUT2D eigenvalue weighted by molar-refractivity contribution is -0.144. The van der Waals surface area contributed by atoms with Gasteiger partial charge in [-0.15, -0.1) is 0 Å². The molecule has 1 aromatic rings. The number of hydrogen-bond donors (Lipinski definition) is 0. The van der Waals surface area contributed by atoms with Crippen LogP contribution in [0.15, 0.2) is 24.3 Å². The van der Waals surface area contributed by atoms with Crippen molar-refractivity contribution in [3.8, 4) is 5.75 Å². The predicted octanol–water partition coefficient (Wildman–Crippen LogP) is 9.61. The summed E-state index contributed by atoms with van der Waals surface area (Å²) >= 11 is 5.82. The van der Waals surface area contributed by atoms with Gasteiger partial charge < -0.3 is 9.47 Å².